The predicted molar refractivity (Wildman–Crippen MR) is 136 cm³/mol. The Hall–Kier alpha value is -2.84. The topological polar surface area (TPSA) is 101 Å². The van der Waals surface area contributed by atoms with Crippen LogP contribution in [-0.4, -0.2) is 29.4 Å². The van der Waals surface area contributed by atoms with Crippen molar-refractivity contribution >= 4 is 64.8 Å². The number of carbonyl (C=O) groups is 3. The molecule has 2 amide bonds. The number of benzene rings is 3. The molecule has 0 saturated heterocycles. The predicted octanol–water partition coefficient (Wildman–Crippen LogP) is 4.60. The fourth-order valence-corrected chi connectivity index (χ4v) is 3.66. The van der Waals surface area contributed by atoms with Gasteiger partial charge in [-0.05, 0) is 35.9 Å². The largest absolute Gasteiger partial charge is 0.325 e. The van der Waals surface area contributed by atoms with Gasteiger partial charge >= 0.3 is 0 Å². The van der Waals surface area contributed by atoms with E-state index in [1.54, 1.807) is 60.7 Å². The van der Waals surface area contributed by atoms with Gasteiger partial charge in [0.1, 0.15) is 0 Å². The molecule has 170 valence electrons. The van der Waals surface area contributed by atoms with Gasteiger partial charge in [-0.25, -0.2) is 0 Å². The van der Waals surface area contributed by atoms with Crippen LogP contribution >= 0.6 is 35.8 Å². The van der Waals surface area contributed by atoms with Crippen LogP contribution in [0.2, 0.25) is 10.0 Å². The summed E-state index contributed by atoms with van der Waals surface area (Å²) in [5.41, 5.74) is 7.63. The average molecular weight is 502 g/mol. The van der Waals surface area contributed by atoms with Gasteiger partial charge in [0.15, 0.2) is 5.78 Å². The van der Waals surface area contributed by atoms with Crippen LogP contribution in [0.1, 0.15) is 21.5 Å². The number of nitrogens with one attached hydrogen (secondary N) is 2. The molecule has 0 aromatic heterocycles. The first-order valence-corrected chi connectivity index (χ1v) is 11.3. The zero-order chi connectivity index (χ0) is 24.0. The standard InChI is InChI=1S/C24H21Cl2N3O3S/c25-16-7-6-15(19(26)11-16)10-22(30)29-21-9-8-17(28-24(32)20(27)13-33)12-18(21)23(31)14-4-2-1-3-5-14/h1-9,11-12,20,33H,10,13,27H2,(H,28,32)(H,29,30)/t20-/m0/s1. The van der Waals surface area contributed by atoms with Crippen molar-refractivity contribution < 1.29 is 14.4 Å². The van der Waals surface area contributed by atoms with Gasteiger partial charge in [0.05, 0.1) is 18.2 Å². The molecule has 0 aliphatic rings. The Kier molecular flexibility index (Phi) is 8.52. The van der Waals surface area contributed by atoms with E-state index in [2.05, 4.69) is 23.3 Å². The maximum atomic E-state index is 13.2. The Bertz CT molecular complexity index is 1190. The minimum Gasteiger partial charge on any atom is -0.325 e. The number of rotatable bonds is 8. The summed E-state index contributed by atoms with van der Waals surface area (Å²) in [5.74, 6) is -0.944. The lowest BCUT2D eigenvalue weighted by Gasteiger charge is -2.15. The molecule has 0 bridgehead atoms. The van der Waals surface area contributed by atoms with Crippen molar-refractivity contribution in [2.45, 2.75) is 12.5 Å². The van der Waals surface area contributed by atoms with E-state index >= 15 is 0 Å². The normalized spacial score (nSPS) is 11.5. The van der Waals surface area contributed by atoms with Crippen LogP contribution in [0, 0.1) is 0 Å². The van der Waals surface area contributed by atoms with Gasteiger partial charge in [-0.2, -0.15) is 12.6 Å². The first-order chi connectivity index (χ1) is 15.8. The minimum absolute atomic E-state index is 0.00967. The summed E-state index contributed by atoms with van der Waals surface area (Å²) < 4.78 is 0. The second-order valence-corrected chi connectivity index (χ2v) is 8.40. The molecule has 6 nitrogen and oxygen atoms in total. The van der Waals surface area contributed by atoms with Crippen molar-refractivity contribution in [3.05, 3.63) is 93.5 Å². The van der Waals surface area contributed by atoms with Crippen molar-refractivity contribution in [3.8, 4) is 0 Å². The summed E-state index contributed by atoms with van der Waals surface area (Å²) in [4.78, 5) is 38.1. The number of ketones is 1. The van der Waals surface area contributed by atoms with Gasteiger partial charge in [0.2, 0.25) is 11.8 Å². The van der Waals surface area contributed by atoms with Crippen LogP contribution in [0.15, 0.2) is 66.7 Å². The van der Waals surface area contributed by atoms with Crippen LogP contribution in [0.3, 0.4) is 0 Å². The van der Waals surface area contributed by atoms with Crippen LogP contribution in [0.4, 0.5) is 11.4 Å². The van der Waals surface area contributed by atoms with E-state index in [0.29, 0.717) is 32.5 Å². The third-order valence-electron chi connectivity index (χ3n) is 4.74. The second-order valence-electron chi connectivity index (χ2n) is 7.19. The van der Waals surface area contributed by atoms with E-state index in [-0.39, 0.29) is 29.4 Å². The molecule has 0 aliphatic heterocycles. The second kappa shape index (κ2) is 11.3. The monoisotopic (exact) mass is 501 g/mol. The molecule has 4 N–H and O–H groups in total. The van der Waals surface area contributed by atoms with Gasteiger partial charge < -0.3 is 16.4 Å². The molecular weight excluding hydrogens is 481 g/mol. The number of halogens is 2. The highest BCUT2D eigenvalue weighted by molar-refractivity contribution is 7.80. The van der Waals surface area contributed by atoms with Crippen molar-refractivity contribution in [1.82, 2.24) is 0 Å². The van der Waals surface area contributed by atoms with Crippen molar-refractivity contribution in [3.63, 3.8) is 0 Å². The van der Waals surface area contributed by atoms with Crippen molar-refractivity contribution in [2.75, 3.05) is 16.4 Å². The third kappa shape index (κ3) is 6.58. The van der Waals surface area contributed by atoms with Crippen molar-refractivity contribution in [1.29, 1.82) is 0 Å². The highest BCUT2D eigenvalue weighted by atomic mass is 35.5. The molecule has 3 rings (SSSR count). The number of carbonyl (C=O) groups excluding carboxylic acids is 3. The van der Waals surface area contributed by atoms with Crippen LogP contribution in [-0.2, 0) is 16.0 Å². The molecule has 0 radical (unpaired) electrons. The molecular formula is C24H21Cl2N3O3S. The number of hydrogen-bond acceptors (Lipinski definition) is 5. The quantitative estimate of drug-likeness (QED) is 0.267. The molecule has 0 fully saturated rings. The van der Waals surface area contributed by atoms with Crippen LogP contribution in [0.5, 0.6) is 0 Å². The van der Waals surface area contributed by atoms with Gasteiger partial charge in [-0.15, -0.1) is 0 Å². The summed E-state index contributed by atoms with van der Waals surface area (Å²) in [6, 6.07) is 17.3. The first kappa shape index (κ1) is 24.8. The fourth-order valence-electron chi connectivity index (χ4n) is 3.01. The number of hydrogen-bond donors (Lipinski definition) is 4. The van der Waals surface area contributed by atoms with Gasteiger partial charge in [0.25, 0.3) is 0 Å². The van der Waals surface area contributed by atoms with Crippen LogP contribution < -0.4 is 16.4 Å². The summed E-state index contributed by atoms with van der Waals surface area (Å²) >= 11 is 16.1. The number of nitrogens with two attached hydrogens (primary N) is 1. The van der Waals surface area contributed by atoms with Crippen LogP contribution in [0.25, 0.3) is 0 Å². The Labute approximate surface area is 206 Å². The van der Waals surface area contributed by atoms with E-state index in [9.17, 15) is 14.4 Å². The zero-order valence-electron chi connectivity index (χ0n) is 17.3. The maximum Gasteiger partial charge on any atom is 0.242 e. The Morgan fingerprint density at radius 1 is 0.939 bits per heavy atom. The van der Waals surface area contributed by atoms with Gasteiger partial charge in [0, 0.05) is 32.6 Å². The first-order valence-electron chi connectivity index (χ1n) is 9.93. The zero-order valence-corrected chi connectivity index (χ0v) is 19.8. The summed E-state index contributed by atoms with van der Waals surface area (Å²) in [6.07, 6.45) is -0.00967. The number of amides is 2. The number of thiol groups is 1. The fraction of sp³-hybridized carbons (Fsp3) is 0.125. The Balaban J connectivity index is 1.89. The molecule has 0 unspecified atom stereocenters. The lowest BCUT2D eigenvalue weighted by atomic mass is 10.0. The SMILES string of the molecule is N[C@@H](CS)C(=O)Nc1ccc(NC(=O)Cc2ccc(Cl)cc2Cl)c(C(=O)c2ccccc2)c1. The van der Waals surface area contributed by atoms with E-state index < -0.39 is 11.9 Å². The van der Waals surface area contributed by atoms with E-state index in [1.165, 1.54) is 6.07 Å². The molecule has 0 spiro atoms. The Morgan fingerprint density at radius 3 is 2.33 bits per heavy atom. The van der Waals surface area contributed by atoms with E-state index in [0.717, 1.165) is 0 Å². The Morgan fingerprint density at radius 2 is 1.67 bits per heavy atom. The van der Waals surface area contributed by atoms with Crippen molar-refractivity contribution in [2.24, 2.45) is 5.73 Å². The highest BCUT2D eigenvalue weighted by Crippen LogP contribution is 2.26. The molecule has 0 saturated carbocycles. The molecule has 33 heavy (non-hydrogen) atoms. The molecule has 3 aromatic rings. The highest BCUT2D eigenvalue weighted by Gasteiger charge is 2.19. The summed E-state index contributed by atoms with van der Waals surface area (Å²) in [7, 11) is 0. The average Bonchev–Trinajstić information content (AvgIpc) is 2.81. The molecule has 1 atom stereocenters. The summed E-state index contributed by atoms with van der Waals surface area (Å²) in [5, 5.41) is 6.27. The molecule has 0 aliphatic carbocycles. The molecule has 3 aromatic carbocycles. The smallest absolute Gasteiger partial charge is 0.242 e. The van der Waals surface area contributed by atoms with E-state index in [4.69, 9.17) is 28.9 Å². The summed E-state index contributed by atoms with van der Waals surface area (Å²) in [6.45, 7) is 0. The van der Waals surface area contributed by atoms with E-state index in [1.807, 2.05) is 0 Å². The van der Waals surface area contributed by atoms with Gasteiger partial charge in [-0.1, -0.05) is 59.6 Å². The lowest BCUT2D eigenvalue weighted by Crippen LogP contribution is -2.37. The maximum absolute atomic E-state index is 13.2. The minimum atomic E-state index is -0.801. The third-order valence-corrected chi connectivity index (χ3v) is 5.72. The molecule has 9 heteroatoms. The number of anilines is 2. The lowest BCUT2D eigenvalue weighted by molar-refractivity contribution is -0.117. The van der Waals surface area contributed by atoms with Gasteiger partial charge in [-0.3, -0.25) is 14.4 Å². The molecule has 0 heterocycles.